The van der Waals surface area contributed by atoms with Crippen LogP contribution in [0.15, 0.2) is 30.3 Å². The summed E-state index contributed by atoms with van der Waals surface area (Å²) in [5, 5.41) is 9.19. The highest BCUT2D eigenvalue weighted by molar-refractivity contribution is 5.73. The van der Waals surface area contributed by atoms with Gasteiger partial charge in [-0.2, -0.15) is 0 Å². The standard InChI is InChI=1S/C16H23NO3/c18-16(19)15-9-4-5-10-17(15)11-6-12-20-13-14-7-2-1-3-8-14/h1-3,7-8,15H,4-6,9-13H2,(H,18,19). The van der Waals surface area contributed by atoms with Crippen LogP contribution >= 0.6 is 0 Å². The van der Waals surface area contributed by atoms with E-state index in [1.165, 1.54) is 5.56 Å². The summed E-state index contributed by atoms with van der Waals surface area (Å²) in [4.78, 5) is 13.2. The maximum absolute atomic E-state index is 11.2. The maximum atomic E-state index is 11.2. The number of carboxylic acids is 1. The zero-order chi connectivity index (χ0) is 14.2. The monoisotopic (exact) mass is 277 g/mol. The number of aliphatic carboxylic acids is 1. The van der Waals surface area contributed by atoms with Crippen molar-refractivity contribution < 1.29 is 14.6 Å². The van der Waals surface area contributed by atoms with Gasteiger partial charge in [-0.05, 0) is 31.4 Å². The molecule has 2 rings (SSSR count). The molecule has 0 bridgehead atoms. The molecule has 0 radical (unpaired) electrons. The SMILES string of the molecule is O=C(O)C1CCCCN1CCCOCc1ccccc1. The van der Waals surface area contributed by atoms with Gasteiger partial charge in [0.05, 0.1) is 6.61 Å². The molecule has 4 heteroatoms. The third-order valence-electron chi connectivity index (χ3n) is 3.74. The smallest absolute Gasteiger partial charge is 0.320 e. The van der Waals surface area contributed by atoms with E-state index >= 15 is 0 Å². The number of hydrogen-bond donors (Lipinski definition) is 1. The Hall–Kier alpha value is -1.39. The molecule has 1 N–H and O–H groups in total. The minimum absolute atomic E-state index is 0.294. The average Bonchev–Trinajstić information content (AvgIpc) is 2.48. The van der Waals surface area contributed by atoms with Gasteiger partial charge >= 0.3 is 5.97 Å². The summed E-state index contributed by atoms with van der Waals surface area (Å²) in [5.41, 5.74) is 1.17. The lowest BCUT2D eigenvalue weighted by atomic mass is 10.0. The number of nitrogens with zero attached hydrogens (tertiary/aromatic N) is 1. The van der Waals surface area contributed by atoms with Crippen LogP contribution in [0.3, 0.4) is 0 Å². The first kappa shape index (κ1) is 15.0. The highest BCUT2D eigenvalue weighted by Crippen LogP contribution is 2.17. The van der Waals surface area contributed by atoms with Gasteiger partial charge in [0.1, 0.15) is 6.04 Å². The van der Waals surface area contributed by atoms with Crippen molar-refractivity contribution in [1.82, 2.24) is 4.90 Å². The molecule has 110 valence electrons. The van der Waals surface area contributed by atoms with Gasteiger partial charge in [0, 0.05) is 13.2 Å². The largest absolute Gasteiger partial charge is 0.480 e. The lowest BCUT2D eigenvalue weighted by molar-refractivity contribution is -0.144. The first-order chi connectivity index (χ1) is 9.77. The number of benzene rings is 1. The lowest BCUT2D eigenvalue weighted by Gasteiger charge is -2.32. The van der Waals surface area contributed by atoms with E-state index < -0.39 is 5.97 Å². The van der Waals surface area contributed by atoms with Gasteiger partial charge in [-0.1, -0.05) is 36.8 Å². The van der Waals surface area contributed by atoms with Crippen LogP contribution in [0.25, 0.3) is 0 Å². The Morgan fingerprint density at radius 2 is 2.10 bits per heavy atom. The molecule has 0 aliphatic carbocycles. The predicted octanol–water partition coefficient (Wildman–Crippen LogP) is 2.53. The Morgan fingerprint density at radius 3 is 2.85 bits per heavy atom. The van der Waals surface area contributed by atoms with E-state index in [0.717, 1.165) is 38.8 Å². The van der Waals surface area contributed by atoms with Crippen LogP contribution in [-0.4, -0.2) is 41.7 Å². The van der Waals surface area contributed by atoms with E-state index in [2.05, 4.69) is 4.90 Å². The third-order valence-corrected chi connectivity index (χ3v) is 3.74. The van der Waals surface area contributed by atoms with Crippen LogP contribution in [-0.2, 0) is 16.1 Å². The molecule has 4 nitrogen and oxygen atoms in total. The van der Waals surface area contributed by atoms with Gasteiger partial charge in [0.15, 0.2) is 0 Å². The number of piperidine rings is 1. The maximum Gasteiger partial charge on any atom is 0.320 e. The van der Waals surface area contributed by atoms with Crippen LogP contribution in [0.4, 0.5) is 0 Å². The minimum atomic E-state index is -0.685. The molecule has 1 fully saturated rings. The molecule has 1 aromatic carbocycles. The van der Waals surface area contributed by atoms with Crippen molar-refractivity contribution >= 4 is 5.97 Å². The predicted molar refractivity (Wildman–Crippen MR) is 77.6 cm³/mol. The van der Waals surface area contributed by atoms with Crippen molar-refractivity contribution in [2.75, 3.05) is 19.7 Å². The van der Waals surface area contributed by atoms with Crippen LogP contribution in [0, 0.1) is 0 Å². The van der Waals surface area contributed by atoms with Crippen molar-refractivity contribution in [3.05, 3.63) is 35.9 Å². The number of rotatable bonds is 7. The van der Waals surface area contributed by atoms with Gasteiger partial charge in [0.2, 0.25) is 0 Å². The van der Waals surface area contributed by atoms with Crippen molar-refractivity contribution in [2.24, 2.45) is 0 Å². The number of hydrogen-bond acceptors (Lipinski definition) is 3. The Bertz CT molecular complexity index is 407. The van der Waals surface area contributed by atoms with Gasteiger partial charge in [-0.25, -0.2) is 0 Å². The number of carboxylic acid groups (broad SMARTS) is 1. The van der Waals surface area contributed by atoms with Crippen LogP contribution in [0.1, 0.15) is 31.2 Å². The van der Waals surface area contributed by atoms with E-state index in [1.807, 2.05) is 30.3 Å². The Kier molecular flexibility index (Phi) is 6.02. The summed E-state index contributed by atoms with van der Waals surface area (Å²) < 4.78 is 5.63. The highest BCUT2D eigenvalue weighted by atomic mass is 16.5. The first-order valence-electron chi connectivity index (χ1n) is 7.36. The highest BCUT2D eigenvalue weighted by Gasteiger charge is 2.27. The summed E-state index contributed by atoms with van der Waals surface area (Å²) in [6.07, 6.45) is 3.80. The quantitative estimate of drug-likeness (QED) is 0.778. The summed E-state index contributed by atoms with van der Waals surface area (Å²) >= 11 is 0. The molecule has 1 aliphatic rings. The normalized spacial score (nSPS) is 19.9. The third kappa shape index (κ3) is 4.62. The van der Waals surface area contributed by atoms with Crippen molar-refractivity contribution in [2.45, 2.75) is 38.3 Å². The first-order valence-corrected chi connectivity index (χ1v) is 7.36. The Balaban J connectivity index is 1.63. The zero-order valence-electron chi connectivity index (χ0n) is 11.8. The lowest BCUT2D eigenvalue weighted by Crippen LogP contribution is -2.45. The zero-order valence-corrected chi connectivity index (χ0v) is 11.8. The van der Waals surface area contributed by atoms with E-state index in [1.54, 1.807) is 0 Å². The van der Waals surface area contributed by atoms with Crippen LogP contribution in [0.5, 0.6) is 0 Å². The fraction of sp³-hybridized carbons (Fsp3) is 0.562. The molecular weight excluding hydrogens is 254 g/mol. The van der Waals surface area contributed by atoms with Gasteiger partial charge in [-0.3, -0.25) is 9.69 Å². The molecule has 1 aromatic rings. The summed E-state index contributed by atoms with van der Waals surface area (Å²) in [6, 6.07) is 9.80. The number of likely N-dealkylation sites (tertiary alicyclic amines) is 1. The van der Waals surface area contributed by atoms with E-state index in [0.29, 0.717) is 13.2 Å². The summed E-state index contributed by atoms with van der Waals surface area (Å²) in [6.45, 7) is 3.02. The molecule has 1 saturated heterocycles. The van der Waals surface area contributed by atoms with E-state index in [-0.39, 0.29) is 6.04 Å². The average molecular weight is 277 g/mol. The topological polar surface area (TPSA) is 49.8 Å². The molecule has 0 spiro atoms. The molecule has 0 amide bonds. The molecule has 20 heavy (non-hydrogen) atoms. The molecule has 1 heterocycles. The van der Waals surface area contributed by atoms with Crippen LogP contribution in [0.2, 0.25) is 0 Å². The molecule has 1 unspecified atom stereocenters. The Labute approximate surface area is 120 Å². The van der Waals surface area contributed by atoms with Gasteiger partial charge < -0.3 is 9.84 Å². The minimum Gasteiger partial charge on any atom is -0.480 e. The second-order valence-corrected chi connectivity index (χ2v) is 5.28. The number of ether oxygens (including phenoxy) is 1. The fourth-order valence-corrected chi connectivity index (χ4v) is 2.67. The molecule has 0 saturated carbocycles. The molecule has 0 aromatic heterocycles. The van der Waals surface area contributed by atoms with Crippen molar-refractivity contribution in [1.29, 1.82) is 0 Å². The Morgan fingerprint density at radius 1 is 1.30 bits per heavy atom. The van der Waals surface area contributed by atoms with Gasteiger partial charge in [-0.15, -0.1) is 0 Å². The van der Waals surface area contributed by atoms with Gasteiger partial charge in [0.25, 0.3) is 0 Å². The van der Waals surface area contributed by atoms with Crippen molar-refractivity contribution in [3.63, 3.8) is 0 Å². The molecule has 1 atom stereocenters. The second kappa shape index (κ2) is 8.02. The van der Waals surface area contributed by atoms with E-state index in [9.17, 15) is 9.90 Å². The molecule has 1 aliphatic heterocycles. The van der Waals surface area contributed by atoms with Crippen molar-refractivity contribution in [3.8, 4) is 0 Å². The summed E-state index contributed by atoms with van der Waals surface area (Å²) in [5.74, 6) is -0.685. The summed E-state index contributed by atoms with van der Waals surface area (Å²) in [7, 11) is 0. The van der Waals surface area contributed by atoms with E-state index in [4.69, 9.17) is 4.74 Å². The fourth-order valence-electron chi connectivity index (χ4n) is 2.67. The van der Waals surface area contributed by atoms with Crippen LogP contribution < -0.4 is 0 Å². The number of carbonyl (C=O) groups is 1. The second-order valence-electron chi connectivity index (χ2n) is 5.28. The molecular formula is C16H23NO3.